The Morgan fingerprint density at radius 1 is 1.35 bits per heavy atom. The van der Waals surface area contributed by atoms with E-state index < -0.39 is 0 Å². The van der Waals surface area contributed by atoms with Gasteiger partial charge in [0.25, 0.3) is 0 Å². The van der Waals surface area contributed by atoms with Crippen LogP contribution in [0.15, 0.2) is 4.99 Å². The lowest BCUT2D eigenvalue weighted by Crippen LogP contribution is -2.34. The molecule has 0 bridgehead atoms. The molecule has 17 heavy (non-hydrogen) atoms. The molecule has 1 heterocycles. The van der Waals surface area contributed by atoms with Crippen LogP contribution in [0.2, 0.25) is 0 Å². The second-order valence-electron chi connectivity index (χ2n) is 4.74. The van der Waals surface area contributed by atoms with Crippen LogP contribution in [0.4, 0.5) is 0 Å². The van der Waals surface area contributed by atoms with Crippen LogP contribution in [-0.4, -0.2) is 37.7 Å². The molecule has 0 saturated heterocycles. The summed E-state index contributed by atoms with van der Waals surface area (Å²) in [6.45, 7) is 7.43. The summed E-state index contributed by atoms with van der Waals surface area (Å²) in [5, 5.41) is 4.56. The molecule has 0 aromatic heterocycles. The lowest BCUT2D eigenvalue weighted by Gasteiger charge is -2.33. The normalized spacial score (nSPS) is 18.9. The van der Waals surface area contributed by atoms with Gasteiger partial charge in [0.1, 0.15) is 0 Å². The Balaban J connectivity index is 2.22. The Hall–Kier alpha value is -0.220. The molecular weight excluding hydrogens is 232 g/mol. The van der Waals surface area contributed by atoms with Crippen LogP contribution in [0.5, 0.6) is 0 Å². The van der Waals surface area contributed by atoms with Crippen molar-refractivity contribution in [2.45, 2.75) is 39.5 Å². The van der Waals surface area contributed by atoms with Crippen LogP contribution in [0.1, 0.15) is 39.5 Å². The van der Waals surface area contributed by atoms with Gasteiger partial charge < -0.3 is 10.1 Å². The second-order valence-corrected chi connectivity index (χ2v) is 5.71. The molecule has 1 rings (SSSR count). The predicted molar refractivity (Wildman–Crippen MR) is 76.9 cm³/mol. The highest BCUT2D eigenvalue weighted by Crippen LogP contribution is 2.34. The summed E-state index contributed by atoms with van der Waals surface area (Å²) >= 11 is 1.89. The maximum absolute atomic E-state index is 5.03. The van der Waals surface area contributed by atoms with Gasteiger partial charge in [0.15, 0.2) is 5.17 Å². The fraction of sp³-hybridized carbons (Fsp3) is 0.923. The first-order valence-corrected chi connectivity index (χ1v) is 7.65. The molecule has 3 nitrogen and oxygen atoms in total. The van der Waals surface area contributed by atoms with Crippen molar-refractivity contribution in [2.75, 3.05) is 32.6 Å². The molecule has 0 spiro atoms. The molecule has 0 unspecified atom stereocenters. The van der Waals surface area contributed by atoms with Crippen molar-refractivity contribution in [1.29, 1.82) is 0 Å². The minimum Gasteiger partial charge on any atom is -0.385 e. The van der Waals surface area contributed by atoms with Gasteiger partial charge in [0.2, 0.25) is 0 Å². The van der Waals surface area contributed by atoms with E-state index in [1.165, 1.54) is 18.6 Å². The Morgan fingerprint density at radius 2 is 2.12 bits per heavy atom. The molecule has 0 aliphatic carbocycles. The van der Waals surface area contributed by atoms with Gasteiger partial charge in [-0.1, -0.05) is 25.6 Å². The summed E-state index contributed by atoms with van der Waals surface area (Å²) < 4.78 is 5.03. The van der Waals surface area contributed by atoms with Crippen molar-refractivity contribution in [3.8, 4) is 0 Å². The molecule has 1 aliphatic rings. The molecule has 0 atom stereocenters. The van der Waals surface area contributed by atoms with Crippen LogP contribution < -0.4 is 5.32 Å². The number of nitrogens with zero attached hydrogens (tertiary/aromatic N) is 1. The van der Waals surface area contributed by atoms with Gasteiger partial charge in [-0.3, -0.25) is 4.99 Å². The summed E-state index contributed by atoms with van der Waals surface area (Å²) in [4.78, 5) is 4.68. The highest BCUT2D eigenvalue weighted by Gasteiger charge is 2.29. The molecular formula is C13H26N2OS. The van der Waals surface area contributed by atoms with Crippen molar-refractivity contribution >= 4 is 16.9 Å². The third-order valence-corrected chi connectivity index (χ3v) is 4.93. The minimum atomic E-state index is 0.450. The summed E-state index contributed by atoms with van der Waals surface area (Å²) in [5.74, 6) is 1.21. The molecule has 4 heteroatoms. The molecule has 1 aliphatic heterocycles. The zero-order valence-corrected chi connectivity index (χ0v) is 12.2. The van der Waals surface area contributed by atoms with E-state index in [9.17, 15) is 0 Å². The van der Waals surface area contributed by atoms with Gasteiger partial charge in [-0.15, -0.1) is 0 Å². The summed E-state index contributed by atoms with van der Waals surface area (Å²) in [6, 6.07) is 0. The third kappa shape index (κ3) is 4.88. The van der Waals surface area contributed by atoms with Gasteiger partial charge in [-0.25, -0.2) is 0 Å². The fourth-order valence-corrected chi connectivity index (χ4v) is 3.21. The van der Waals surface area contributed by atoms with Gasteiger partial charge in [-0.2, -0.15) is 0 Å². The summed E-state index contributed by atoms with van der Waals surface area (Å²) in [5.41, 5.74) is 0.450. The Labute approximate surface area is 110 Å². The van der Waals surface area contributed by atoms with Gasteiger partial charge in [-0.05, 0) is 31.1 Å². The highest BCUT2D eigenvalue weighted by molar-refractivity contribution is 8.13. The standard InChI is InChI=1S/C13H26N2OS/c1-4-13(5-2)10-15-12(17-11-13)14-8-6-7-9-16-3/h4-11H2,1-3H3,(H,14,15). The topological polar surface area (TPSA) is 33.6 Å². The Bertz CT molecular complexity index is 240. The zero-order chi connectivity index (χ0) is 12.6. The lowest BCUT2D eigenvalue weighted by molar-refractivity contribution is 0.193. The van der Waals surface area contributed by atoms with Crippen molar-refractivity contribution < 1.29 is 4.74 Å². The van der Waals surface area contributed by atoms with E-state index in [1.54, 1.807) is 7.11 Å². The molecule has 0 aromatic rings. The number of amidine groups is 1. The maximum Gasteiger partial charge on any atom is 0.156 e. The number of hydrogen-bond acceptors (Lipinski definition) is 4. The number of hydrogen-bond donors (Lipinski definition) is 1. The summed E-state index contributed by atoms with van der Waals surface area (Å²) in [7, 11) is 1.75. The number of rotatable bonds is 7. The number of nitrogens with one attached hydrogen (secondary N) is 1. The van der Waals surface area contributed by atoms with E-state index in [1.807, 2.05) is 11.8 Å². The quantitative estimate of drug-likeness (QED) is 0.713. The van der Waals surface area contributed by atoms with E-state index in [0.29, 0.717) is 5.41 Å². The number of ether oxygens (including phenoxy) is 1. The monoisotopic (exact) mass is 258 g/mol. The second kappa shape index (κ2) is 7.98. The van der Waals surface area contributed by atoms with E-state index >= 15 is 0 Å². The molecule has 1 N–H and O–H groups in total. The number of aliphatic imine (C=N–C) groups is 1. The average Bonchev–Trinajstić information content (AvgIpc) is 2.39. The molecule has 0 radical (unpaired) electrons. The van der Waals surface area contributed by atoms with Gasteiger partial charge >= 0.3 is 0 Å². The Morgan fingerprint density at radius 3 is 2.65 bits per heavy atom. The smallest absolute Gasteiger partial charge is 0.156 e. The Kier molecular flexibility index (Phi) is 6.97. The minimum absolute atomic E-state index is 0.450. The molecule has 100 valence electrons. The molecule has 0 saturated carbocycles. The van der Waals surface area contributed by atoms with Crippen LogP contribution in [0.25, 0.3) is 0 Å². The average molecular weight is 258 g/mol. The van der Waals surface area contributed by atoms with Crippen molar-refractivity contribution in [1.82, 2.24) is 5.32 Å². The van der Waals surface area contributed by atoms with E-state index in [2.05, 4.69) is 24.2 Å². The van der Waals surface area contributed by atoms with Crippen LogP contribution in [0, 0.1) is 5.41 Å². The first-order valence-electron chi connectivity index (χ1n) is 6.66. The van der Waals surface area contributed by atoms with Crippen molar-refractivity contribution in [3.63, 3.8) is 0 Å². The van der Waals surface area contributed by atoms with Gasteiger partial charge in [0, 0.05) is 32.6 Å². The number of thioether (sulfide) groups is 1. The molecule has 0 fully saturated rings. The van der Waals surface area contributed by atoms with Crippen LogP contribution >= 0.6 is 11.8 Å². The van der Waals surface area contributed by atoms with Gasteiger partial charge in [0.05, 0.1) is 0 Å². The van der Waals surface area contributed by atoms with E-state index in [-0.39, 0.29) is 0 Å². The van der Waals surface area contributed by atoms with Crippen LogP contribution in [-0.2, 0) is 4.74 Å². The third-order valence-electron chi connectivity index (χ3n) is 3.62. The zero-order valence-electron chi connectivity index (χ0n) is 11.4. The van der Waals surface area contributed by atoms with E-state index in [4.69, 9.17) is 4.74 Å². The largest absolute Gasteiger partial charge is 0.385 e. The van der Waals surface area contributed by atoms with Crippen molar-refractivity contribution in [3.05, 3.63) is 0 Å². The highest BCUT2D eigenvalue weighted by atomic mass is 32.2. The maximum atomic E-state index is 5.03. The number of unbranched alkanes of at least 4 members (excludes halogenated alkanes) is 1. The molecule has 0 aromatic carbocycles. The predicted octanol–water partition coefficient (Wildman–Crippen LogP) is 2.91. The van der Waals surface area contributed by atoms with E-state index in [0.717, 1.165) is 37.7 Å². The lowest BCUT2D eigenvalue weighted by atomic mass is 9.84. The fourth-order valence-electron chi connectivity index (χ4n) is 1.90. The molecule has 0 amide bonds. The number of methoxy groups -OCH3 is 1. The summed E-state index contributed by atoms with van der Waals surface area (Å²) in [6.07, 6.45) is 4.75. The first kappa shape index (κ1) is 14.8. The van der Waals surface area contributed by atoms with Crippen LogP contribution in [0.3, 0.4) is 0 Å². The first-order chi connectivity index (χ1) is 8.26. The van der Waals surface area contributed by atoms with Crippen molar-refractivity contribution in [2.24, 2.45) is 10.4 Å². The SMILES string of the molecule is CCC1(CC)CN=C(NCCCCOC)SC1.